The molecule has 0 amide bonds. The van der Waals surface area contributed by atoms with E-state index in [9.17, 15) is 4.79 Å². The second-order valence-electron chi connectivity index (χ2n) is 9.38. The van der Waals surface area contributed by atoms with Crippen LogP contribution in [-0.2, 0) is 9.53 Å². The largest absolute Gasteiger partial charge is 0.462 e. The Hall–Kier alpha value is -3.78. The molecule has 2 aliphatic rings. The fourth-order valence-electron chi connectivity index (χ4n) is 4.84. The zero-order valence-corrected chi connectivity index (χ0v) is 19.7. The maximum absolute atomic E-state index is 12.5. The maximum atomic E-state index is 12.5. The summed E-state index contributed by atoms with van der Waals surface area (Å²) in [6.07, 6.45) is 5.44. The van der Waals surface area contributed by atoms with Crippen molar-refractivity contribution in [3.8, 4) is 22.6 Å². The lowest BCUT2D eigenvalue weighted by atomic mass is 9.98. The third kappa shape index (κ3) is 4.37. The number of aromatic nitrogens is 4. The van der Waals surface area contributed by atoms with Gasteiger partial charge in [-0.15, -0.1) is 0 Å². The van der Waals surface area contributed by atoms with Gasteiger partial charge in [0.25, 0.3) is 0 Å². The van der Waals surface area contributed by atoms with Crippen LogP contribution in [0.5, 0.6) is 0 Å². The normalized spacial score (nSPS) is 16.9. The molecule has 1 aromatic carbocycles. The Kier molecular flexibility index (Phi) is 5.66. The van der Waals surface area contributed by atoms with Gasteiger partial charge in [0.15, 0.2) is 0 Å². The molecule has 0 bridgehead atoms. The van der Waals surface area contributed by atoms with Crippen molar-refractivity contribution in [2.24, 2.45) is 5.92 Å². The smallest absolute Gasteiger partial charge is 0.312 e. The molecule has 2 N–H and O–H groups in total. The minimum Gasteiger partial charge on any atom is -0.462 e. The van der Waals surface area contributed by atoms with E-state index in [2.05, 4.69) is 42.3 Å². The molecule has 0 aliphatic carbocycles. The molecule has 5 heterocycles. The first-order chi connectivity index (χ1) is 17.1. The highest BCUT2D eigenvalue weighted by Crippen LogP contribution is 2.32. The van der Waals surface area contributed by atoms with Crippen molar-refractivity contribution in [1.29, 1.82) is 0 Å². The number of carbonyl (C=O) groups is 1. The Morgan fingerprint density at radius 2 is 1.94 bits per heavy atom. The lowest BCUT2D eigenvalue weighted by molar-refractivity contribution is -0.156. The zero-order valence-electron chi connectivity index (χ0n) is 19.7. The van der Waals surface area contributed by atoms with E-state index in [1.807, 2.05) is 43.5 Å². The van der Waals surface area contributed by atoms with Crippen molar-refractivity contribution in [1.82, 2.24) is 25.3 Å². The second-order valence-corrected chi connectivity index (χ2v) is 9.38. The molecular weight excluding hydrogens is 440 g/mol. The Morgan fingerprint density at radius 1 is 1.09 bits per heavy atom. The van der Waals surface area contributed by atoms with E-state index >= 15 is 0 Å². The van der Waals surface area contributed by atoms with E-state index in [4.69, 9.17) is 4.74 Å². The molecular formula is C27H28N6O2. The molecule has 4 aromatic rings. The van der Waals surface area contributed by atoms with Crippen LogP contribution in [0, 0.1) is 12.8 Å². The van der Waals surface area contributed by atoms with Gasteiger partial charge < -0.3 is 19.9 Å². The number of nitrogens with one attached hydrogen (secondary N) is 2. The van der Waals surface area contributed by atoms with Gasteiger partial charge in [0.05, 0.1) is 46.7 Å². The summed E-state index contributed by atoms with van der Waals surface area (Å²) in [5.41, 5.74) is 6.53. The number of H-pyrrole nitrogens is 1. The molecule has 35 heavy (non-hydrogen) atoms. The second kappa shape index (κ2) is 9.11. The monoisotopic (exact) mass is 468 g/mol. The first-order valence-corrected chi connectivity index (χ1v) is 12.2. The van der Waals surface area contributed by atoms with Crippen molar-refractivity contribution in [2.75, 3.05) is 31.1 Å². The highest BCUT2D eigenvalue weighted by molar-refractivity contribution is 5.89. The number of aromatic amines is 1. The average molecular weight is 469 g/mol. The Balaban J connectivity index is 1.19. The lowest BCUT2D eigenvalue weighted by Crippen LogP contribution is -2.52. The molecule has 0 atom stereocenters. The first kappa shape index (κ1) is 21.7. The third-order valence-electron chi connectivity index (χ3n) is 6.87. The van der Waals surface area contributed by atoms with Crippen LogP contribution in [0.3, 0.4) is 0 Å². The highest BCUT2D eigenvalue weighted by Gasteiger charge is 2.35. The summed E-state index contributed by atoms with van der Waals surface area (Å²) in [4.78, 5) is 31.8. The van der Waals surface area contributed by atoms with Gasteiger partial charge in [-0.25, -0.2) is 4.98 Å². The SMILES string of the molecule is Cc1cccc(-c2[nH]cnc2-c2ccc3ncc(N4CC(C(=O)OC5CCNCC5)C4)cc3c2)n1. The van der Waals surface area contributed by atoms with Gasteiger partial charge >= 0.3 is 5.97 Å². The van der Waals surface area contributed by atoms with E-state index in [1.165, 1.54) is 0 Å². The lowest BCUT2D eigenvalue weighted by Gasteiger charge is -2.40. The van der Waals surface area contributed by atoms with Gasteiger partial charge in [-0.3, -0.25) is 14.8 Å². The Morgan fingerprint density at radius 3 is 2.77 bits per heavy atom. The van der Waals surface area contributed by atoms with E-state index in [0.29, 0.717) is 13.1 Å². The van der Waals surface area contributed by atoms with Crippen LogP contribution in [-0.4, -0.2) is 58.2 Å². The molecule has 2 aliphatic heterocycles. The summed E-state index contributed by atoms with van der Waals surface area (Å²) >= 11 is 0. The van der Waals surface area contributed by atoms with Crippen molar-refractivity contribution >= 4 is 22.6 Å². The number of piperidine rings is 1. The van der Waals surface area contributed by atoms with E-state index < -0.39 is 0 Å². The number of carbonyl (C=O) groups excluding carboxylic acids is 1. The minimum absolute atomic E-state index is 0.0560. The number of imidazole rings is 1. The van der Waals surface area contributed by atoms with Crippen LogP contribution in [0.4, 0.5) is 5.69 Å². The van der Waals surface area contributed by atoms with Crippen LogP contribution in [0.15, 0.2) is 55.0 Å². The quantitative estimate of drug-likeness (QED) is 0.431. The van der Waals surface area contributed by atoms with Gasteiger partial charge in [-0.05, 0) is 63.2 Å². The standard InChI is InChI=1S/C27H28N6O2/c1-17-3-2-4-24(32-17)26-25(30-16-31-26)18-5-6-23-19(11-18)12-21(13-29-23)33-14-20(15-33)27(34)35-22-7-9-28-10-8-22/h2-6,11-13,16,20,22,28H,7-10,14-15H2,1H3,(H,30,31). The molecule has 2 saturated heterocycles. The van der Waals surface area contributed by atoms with Crippen molar-refractivity contribution in [2.45, 2.75) is 25.9 Å². The number of pyridine rings is 2. The molecule has 2 fully saturated rings. The van der Waals surface area contributed by atoms with E-state index in [-0.39, 0.29) is 18.0 Å². The predicted octanol–water partition coefficient (Wildman–Crippen LogP) is 3.73. The van der Waals surface area contributed by atoms with Crippen LogP contribution in [0.25, 0.3) is 33.5 Å². The summed E-state index contributed by atoms with van der Waals surface area (Å²) in [5, 5.41) is 4.33. The van der Waals surface area contributed by atoms with Gasteiger partial charge in [0.2, 0.25) is 0 Å². The zero-order chi connectivity index (χ0) is 23.8. The number of rotatable bonds is 5. The summed E-state index contributed by atoms with van der Waals surface area (Å²) in [7, 11) is 0. The van der Waals surface area contributed by atoms with E-state index in [1.54, 1.807) is 6.33 Å². The van der Waals surface area contributed by atoms with Gasteiger partial charge in [-0.1, -0.05) is 12.1 Å². The maximum Gasteiger partial charge on any atom is 0.312 e. The summed E-state index contributed by atoms with van der Waals surface area (Å²) in [5.74, 6) is -0.139. The van der Waals surface area contributed by atoms with Gasteiger partial charge in [0.1, 0.15) is 6.10 Å². The van der Waals surface area contributed by atoms with Crippen LogP contribution < -0.4 is 10.2 Å². The molecule has 0 spiro atoms. The summed E-state index contributed by atoms with van der Waals surface area (Å²) in [6, 6.07) is 14.3. The molecule has 0 unspecified atom stereocenters. The topological polar surface area (TPSA) is 96.0 Å². The van der Waals surface area contributed by atoms with E-state index in [0.717, 1.165) is 70.9 Å². The number of hydrogen-bond acceptors (Lipinski definition) is 7. The molecule has 0 saturated carbocycles. The highest BCUT2D eigenvalue weighted by atomic mass is 16.5. The molecule has 8 nitrogen and oxygen atoms in total. The Bertz CT molecular complexity index is 1370. The number of esters is 1. The van der Waals surface area contributed by atoms with Crippen LogP contribution in [0.1, 0.15) is 18.5 Å². The number of benzene rings is 1. The number of anilines is 1. The number of ether oxygens (including phenoxy) is 1. The first-order valence-electron chi connectivity index (χ1n) is 12.2. The minimum atomic E-state index is -0.0694. The third-order valence-corrected chi connectivity index (χ3v) is 6.87. The number of hydrogen-bond donors (Lipinski definition) is 2. The fourth-order valence-corrected chi connectivity index (χ4v) is 4.84. The molecule has 0 radical (unpaired) electrons. The molecule has 6 rings (SSSR count). The number of fused-ring (bicyclic) bond motifs is 1. The average Bonchev–Trinajstić information content (AvgIpc) is 3.33. The molecule has 178 valence electrons. The van der Waals surface area contributed by atoms with Gasteiger partial charge in [0, 0.05) is 29.7 Å². The van der Waals surface area contributed by atoms with Crippen LogP contribution in [0.2, 0.25) is 0 Å². The van der Waals surface area contributed by atoms with Crippen molar-refractivity contribution in [3.05, 3.63) is 60.7 Å². The Labute approximate surface area is 203 Å². The van der Waals surface area contributed by atoms with Crippen molar-refractivity contribution in [3.63, 3.8) is 0 Å². The number of nitrogens with zero attached hydrogens (tertiary/aromatic N) is 4. The molecule has 3 aromatic heterocycles. The number of aryl methyl sites for hydroxylation is 1. The molecule has 8 heteroatoms. The summed E-state index contributed by atoms with van der Waals surface area (Å²) in [6.45, 7) is 5.15. The fraction of sp³-hybridized carbons (Fsp3) is 0.333. The van der Waals surface area contributed by atoms with Gasteiger partial charge in [-0.2, -0.15) is 0 Å². The predicted molar refractivity (Wildman–Crippen MR) is 135 cm³/mol. The summed E-state index contributed by atoms with van der Waals surface area (Å²) < 4.78 is 5.73. The van der Waals surface area contributed by atoms with Crippen LogP contribution >= 0.6 is 0 Å². The van der Waals surface area contributed by atoms with Crippen molar-refractivity contribution < 1.29 is 9.53 Å².